The Balaban J connectivity index is 1.00. The monoisotopic (exact) mass is 678 g/mol. The number of rotatable bonds is 6. The average molecular weight is 679 g/mol. The molecule has 2 aromatic heterocycles. The van der Waals surface area contributed by atoms with Gasteiger partial charge in [0.25, 0.3) is 0 Å². The van der Waals surface area contributed by atoms with Crippen LogP contribution in [0.2, 0.25) is 0 Å². The van der Waals surface area contributed by atoms with Gasteiger partial charge in [0.05, 0.1) is 16.6 Å². The molecule has 12 rings (SSSR count). The summed E-state index contributed by atoms with van der Waals surface area (Å²) in [5.74, 6) is 0. The molecule has 0 saturated heterocycles. The molecule has 2 heterocycles. The molecule has 0 unspecified atom stereocenters. The number of nitrogens with one attached hydrogen (secondary N) is 1. The minimum atomic E-state index is 0.109. The summed E-state index contributed by atoms with van der Waals surface area (Å²) in [5.41, 5.74) is 18.4. The summed E-state index contributed by atoms with van der Waals surface area (Å²) in [6, 6.07) is 53.3. The number of anilines is 2. The van der Waals surface area contributed by atoms with Gasteiger partial charge in [-0.15, -0.1) is 0 Å². The first kappa shape index (κ1) is 29.0. The van der Waals surface area contributed by atoms with Gasteiger partial charge in [0.2, 0.25) is 0 Å². The molecule has 0 aliphatic heterocycles. The number of furan rings is 1. The van der Waals surface area contributed by atoms with Crippen LogP contribution in [0.1, 0.15) is 24.0 Å². The van der Waals surface area contributed by atoms with Crippen molar-refractivity contribution in [3.05, 3.63) is 174 Å². The third-order valence-corrected chi connectivity index (χ3v) is 11.9. The van der Waals surface area contributed by atoms with Crippen LogP contribution >= 0.6 is 0 Å². The second-order valence-corrected chi connectivity index (χ2v) is 14.9. The topological polar surface area (TPSA) is 30.1 Å². The standard InChI is InChI=1S/C50H34N2O/c1-2-9-32(10-3-1)40-25-33(17-21-45(40)51-44-15-8-12-31-11-4-5-13-38(31)44)34-18-22-46-41(26-34)42-27-35(19-23-47(42)52(46)50-29-37(50)30-50)36-20-24-49-43(28-36)39-14-6-7-16-48(39)53-49/h1-4,6-12,14-29,51H,5,13,30H2/t50-/m0/s1. The first-order chi connectivity index (χ1) is 26.2. The van der Waals surface area contributed by atoms with E-state index in [9.17, 15) is 0 Å². The maximum Gasteiger partial charge on any atom is 0.135 e. The Labute approximate surface area is 307 Å². The first-order valence-corrected chi connectivity index (χ1v) is 18.7. The van der Waals surface area contributed by atoms with Gasteiger partial charge in [0, 0.05) is 44.9 Å². The Hall–Kier alpha value is -6.58. The van der Waals surface area contributed by atoms with Gasteiger partial charge in [-0.25, -0.2) is 0 Å². The number of hydrogen-bond acceptors (Lipinski definition) is 2. The fourth-order valence-electron chi connectivity index (χ4n) is 8.90. The fraction of sp³-hybridized carbons (Fsp3) is 0.0800. The highest BCUT2D eigenvalue weighted by Gasteiger charge is 2.61. The lowest BCUT2D eigenvalue weighted by molar-refractivity contribution is 0.669. The van der Waals surface area contributed by atoms with Crippen LogP contribution in [-0.4, -0.2) is 4.57 Å². The van der Waals surface area contributed by atoms with Crippen LogP contribution in [0.3, 0.4) is 0 Å². The summed E-state index contributed by atoms with van der Waals surface area (Å²) in [4.78, 5) is 0. The zero-order chi connectivity index (χ0) is 34.7. The summed E-state index contributed by atoms with van der Waals surface area (Å²) in [7, 11) is 0. The number of hydrogen-bond donors (Lipinski definition) is 1. The molecule has 3 aliphatic carbocycles. The zero-order valence-electron chi connectivity index (χ0n) is 29.1. The first-order valence-electron chi connectivity index (χ1n) is 18.7. The SMILES string of the molecule is C1=Cc2cccc(Nc3ccc(-c4ccc5c(c4)c4cc(-c6ccc7oc8ccccc8c7c6)ccc4n5[C@]45C=C4C5)cc3-c3ccccc3)c2CC1. The minimum absolute atomic E-state index is 0.109. The molecule has 53 heavy (non-hydrogen) atoms. The molecule has 1 atom stereocenters. The molecule has 0 amide bonds. The van der Waals surface area contributed by atoms with E-state index in [2.05, 4.69) is 162 Å². The smallest absolute Gasteiger partial charge is 0.135 e. The molecular formula is C50H34N2O. The Morgan fingerprint density at radius 1 is 0.547 bits per heavy atom. The van der Waals surface area contributed by atoms with E-state index in [0.717, 1.165) is 46.9 Å². The zero-order valence-corrected chi connectivity index (χ0v) is 29.1. The van der Waals surface area contributed by atoms with Crippen molar-refractivity contribution in [2.75, 3.05) is 5.32 Å². The minimum Gasteiger partial charge on any atom is -0.456 e. The van der Waals surface area contributed by atoms with Gasteiger partial charge in [-0.1, -0.05) is 103 Å². The maximum atomic E-state index is 6.16. The van der Waals surface area contributed by atoms with Gasteiger partial charge in [-0.3, -0.25) is 0 Å². The van der Waals surface area contributed by atoms with E-state index in [0.29, 0.717) is 0 Å². The van der Waals surface area contributed by atoms with Crippen molar-refractivity contribution in [2.45, 2.75) is 24.8 Å². The van der Waals surface area contributed by atoms with Crippen LogP contribution in [0, 0.1) is 0 Å². The second kappa shape index (κ2) is 10.7. The van der Waals surface area contributed by atoms with Gasteiger partial charge in [0.15, 0.2) is 0 Å². The Bertz CT molecular complexity index is 3070. The molecular weight excluding hydrogens is 645 g/mol. The molecule has 7 aromatic carbocycles. The predicted molar refractivity (Wildman–Crippen MR) is 221 cm³/mol. The largest absolute Gasteiger partial charge is 0.456 e. The van der Waals surface area contributed by atoms with Crippen LogP contribution < -0.4 is 5.32 Å². The number of benzene rings is 7. The molecule has 9 aromatic rings. The normalized spacial score (nSPS) is 16.9. The van der Waals surface area contributed by atoms with Crippen LogP contribution in [0.25, 0.3) is 83.2 Å². The molecule has 1 saturated carbocycles. The summed E-state index contributed by atoms with van der Waals surface area (Å²) in [5, 5.41) is 8.75. The quantitative estimate of drug-likeness (QED) is 0.177. The molecule has 250 valence electrons. The van der Waals surface area contributed by atoms with Gasteiger partial charge >= 0.3 is 0 Å². The summed E-state index contributed by atoms with van der Waals surface area (Å²) < 4.78 is 8.75. The fourth-order valence-corrected chi connectivity index (χ4v) is 8.90. The molecule has 3 nitrogen and oxygen atoms in total. The van der Waals surface area contributed by atoms with Crippen molar-refractivity contribution in [2.24, 2.45) is 0 Å². The van der Waals surface area contributed by atoms with Gasteiger partial charge in [-0.05, 0) is 118 Å². The third kappa shape index (κ3) is 4.41. The van der Waals surface area contributed by atoms with Crippen molar-refractivity contribution < 1.29 is 4.42 Å². The number of para-hydroxylation sites is 1. The Morgan fingerprint density at radius 3 is 1.98 bits per heavy atom. The summed E-state index contributed by atoms with van der Waals surface area (Å²) in [6.45, 7) is 0. The van der Waals surface area contributed by atoms with Crippen LogP contribution in [0.15, 0.2) is 168 Å². The van der Waals surface area contributed by atoms with Crippen molar-refractivity contribution in [3.63, 3.8) is 0 Å². The van der Waals surface area contributed by atoms with Crippen LogP contribution in [-0.2, 0) is 12.0 Å². The molecule has 1 fully saturated rings. The predicted octanol–water partition coefficient (Wildman–Crippen LogP) is 13.4. The van der Waals surface area contributed by atoms with Crippen molar-refractivity contribution in [3.8, 4) is 33.4 Å². The highest BCUT2D eigenvalue weighted by atomic mass is 16.3. The van der Waals surface area contributed by atoms with Gasteiger partial charge in [0.1, 0.15) is 11.2 Å². The Kier molecular flexibility index (Phi) is 5.88. The molecule has 0 bridgehead atoms. The van der Waals surface area contributed by atoms with E-state index >= 15 is 0 Å². The van der Waals surface area contributed by atoms with E-state index in [1.807, 2.05) is 12.1 Å². The number of fused-ring (bicyclic) bond motifs is 8. The maximum absolute atomic E-state index is 6.16. The van der Waals surface area contributed by atoms with E-state index in [1.165, 1.54) is 72.0 Å². The van der Waals surface area contributed by atoms with Crippen molar-refractivity contribution in [1.82, 2.24) is 4.57 Å². The molecule has 1 N–H and O–H groups in total. The van der Waals surface area contributed by atoms with Crippen molar-refractivity contribution in [1.29, 1.82) is 0 Å². The van der Waals surface area contributed by atoms with E-state index in [-0.39, 0.29) is 5.54 Å². The number of nitrogens with zero attached hydrogens (tertiary/aromatic N) is 1. The Morgan fingerprint density at radius 2 is 1.21 bits per heavy atom. The van der Waals surface area contributed by atoms with Crippen LogP contribution in [0.5, 0.6) is 0 Å². The summed E-state index contributed by atoms with van der Waals surface area (Å²) in [6.07, 6.45) is 10.3. The van der Waals surface area contributed by atoms with E-state index in [4.69, 9.17) is 4.42 Å². The lowest BCUT2D eigenvalue weighted by Gasteiger charge is -2.19. The number of aromatic nitrogens is 1. The van der Waals surface area contributed by atoms with E-state index in [1.54, 1.807) is 5.57 Å². The lowest BCUT2D eigenvalue weighted by atomic mass is 9.94. The number of allylic oxidation sites excluding steroid dienone is 3. The third-order valence-electron chi connectivity index (χ3n) is 11.9. The highest BCUT2D eigenvalue weighted by Crippen LogP contribution is 2.67. The second-order valence-electron chi connectivity index (χ2n) is 14.9. The molecule has 0 radical (unpaired) electrons. The molecule has 3 heteroatoms. The lowest BCUT2D eigenvalue weighted by Crippen LogP contribution is -2.06. The van der Waals surface area contributed by atoms with Gasteiger partial charge in [-0.2, -0.15) is 0 Å². The van der Waals surface area contributed by atoms with Gasteiger partial charge < -0.3 is 14.3 Å². The molecule has 3 aliphatic rings. The highest BCUT2D eigenvalue weighted by molar-refractivity contribution is 6.12. The average Bonchev–Trinajstić information content (AvgIpc) is 4.02. The van der Waals surface area contributed by atoms with E-state index < -0.39 is 0 Å². The summed E-state index contributed by atoms with van der Waals surface area (Å²) >= 11 is 0. The van der Waals surface area contributed by atoms with Crippen LogP contribution in [0.4, 0.5) is 11.4 Å². The molecule has 0 spiro atoms. The van der Waals surface area contributed by atoms with Crippen molar-refractivity contribution >= 4 is 61.2 Å².